The van der Waals surface area contributed by atoms with Gasteiger partial charge in [-0.2, -0.15) is 5.26 Å². The number of aromatic nitrogens is 1. The lowest BCUT2D eigenvalue weighted by molar-refractivity contribution is 0.392. The largest absolute Gasteiger partial charge is 0.497 e. The van der Waals surface area contributed by atoms with E-state index >= 15 is 0 Å². The van der Waals surface area contributed by atoms with Gasteiger partial charge in [-0.15, -0.1) is 0 Å². The normalized spacial score (nSPS) is 10.0. The fourth-order valence-electron chi connectivity index (χ4n) is 1.83. The molecule has 0 aliphatic carbocycles. The fraction of sp³-hybridized carbons (Fsp3) is 0.286. The van der Waals surface area contributed by atoms with Crippen LogP contribution in [0.5, 0.6) is 5.75 Å². The maximum atomic E-state index is 9.09. The third-order valence-electron chi connectivity index (χ3n) is 2.98. The van der Waals surface area contributed by atoms with Crippen LogP contribution < -0.4 is 10.1 Å². The Hall–Kier alpha value is -2.48. The van der Waals surface area contributed by atoms with Gasteiger partial charge in [-0.3, -0.25) is 0 Å². The molecule has 98 valence electrons. The Labute approximate surface area is 111 Å². The second-order valence-electron chi connectivity index (χ2n) is 4.18. The molecular weight excluding hydrogens is 242 g/mol. The third-order valence-corrected chi connectivity index (χ3v) is 2.98. The molecule has 0 bridgehead atoms. The van der Waals surface area contributed by atoms with E-state index in [1.54, 1.807) is 25.3 Å². The van der Waals surface area contributed by atoms with Crippen LogP contribution in [0.15, 0.2) is 22.7 Å². The van der Waals surface area contributed by atoms with Crippen LogP contribution in [0.1, 0.15) is 22.6 Å². The summed E-state index contributed by atoms with van der Waals surface area (Å²) in [6.45, 7) is 4.32. The Morgan fingerprint density at radius 3 is 2.79 bits per heavy atom. The molecule has 0 radical (unpaired) electrons. The van der Waals surface area contributed by atoms with E-state index in [1.807, 2.05) is 13.8 Å². The van der Waals surface area contributed by atoms with Gasteiger partial charge in [-0.05, 0) is 26.0 Å². The van der Waals surface area contributed by atoms with E-state index in [1.165, 1.54) is 0 Å². The molecule has 0 saturated heterocycles. The molecule has 2 aromatic rings. The smallest absolute Gasteiger partial charge is 0.138 e. The summed E-state index contributed by atoms with van der Waals surface area (Å²) in [6.07, 6.45) is 0. The molecule has 0 saturated carbocycles. The predicted octanol–water partition coefficient (Wildman–Crippen LogP) is 2.78. The number of nitrogens with zero attached hydrogens (tertiary/aromatic N) is 2. The van der Waals surface area contributed by atoms with Gasteiger partial charge in [0.1, 0.15) is 17.6 Å². The van der Waals surface area contributed by atoms with Gasteiger partial charge in [-0.1, -0.05) is 5.16 Å². The summed E-state index contributed by atoms with van der Waals surface area (Å²) in [5, 5.41) is 16.2. The highest BCUT2D eigenvalue weighted by molar-refractivity contribution is 5.60. The van der Waals surface area contributed by atoms with E-state index in [0.717, 1.165) is 22.7 Å². The summed E-state index contributed by atoms with van der Waals surface area (Å²) in [7, 11) is 1.60. The molecule has 0 unspecified atom stereocenters. The lowest BCUT2D eigenvalue weighted by atomic mass is 10.1. The fourth-order valence-corrected chi connectivity index (χ4v) is 1.83. The number of hydrogen-bond acceptors (Lipinski definition) is 5. The van der Waals surface area contributed by atoms with Crippen molar-refractivity contribution in [3.8, 4) is 11.8 Å². The molecule has 1 aromatic carbocycles. The number of benzene rings is 1. The van der Waals surface area contributed by atoms with E-state index in [-0.39, 0.29) is 0 Å². The summed E-state index contributed by atoms with van der Waals surface area (Å²) in [4.78, 5) is 0. The van der Waals surface area contributed by atoms with E-state index in [9.17, 15) is 0 Å². The summed E-state index contributed by atoms with van der Waals surface area (Å²) in [5.74, 6) is 1.49. The Morgan fingerprint density at radius 1 is 1.42 bits per heavy atom. The van der Waals surface area contributed by atoms with Crippen molar-refractivity contribution in [2.45, 2.75) is 20.4 Å². The number of ether oxygens (including phenoxy) is 1. The number of methoxy groups -OCH3 is 1. The lowest BCUT2D eigenvalue weighted by Gasteiger charge is -2.09. The van der Waals surface area contributed by atoms with Crippen molar-refractivity contribution in [2.24, 2.45) is 0 Å². The van der Waals surface area contributed by atoms with E-state index in [4.69, 9.17) is 14.5 Å². The summed E-state index contributed by atoms with van der Waals surface area (Å²) in [5.41, 5.74) is 3.17. The molecule has 0 fully saturated rings. The van der Waals surface area contributed by atoms with Crippen LogP contribution in [-0.2, 0) is 6.54 Å². The molecule has 1 aromatic heterocycles. The van der Waals surface area contributed by atoms with Gasteiger partial charge in [0.2, 0.25) is 0 Å². The highest BCUT2D eigenvalue weighted by Gasteiger charge is 2.10. The summed E-state index contributed by atoms with van der Waals surface area (Å²) in [6, 6.07) is 7.45. The van der Waals surface area contributed by atoms with Crippen LogP contribution in [0.2, 0.25) is 0 Å². The van der Waals surface area contributed by atoms with Gasteiger partial charge in [-0.25, -0.2) is 0 Å². The van der Waals surface area contributed by atoms with Crippen molar-refractivity contribution in [3.05, 3.63) is 40.8 Å². The number of nitriles is 1. The first-order valence-electron chi connectivity index (χ1n) is 5.89. The molecule has 0 atom stereocenters. The number of anilines is 1. The zero-order valence-corrected chi connectivity index (χ0v) is 11.2. The van der Waals surface area contributed by atoms with Crippen LogP contribution >= 0.6 is 0 Å². The van der Waals surface area contributed by atoms with Crippen LogP contribution in [0.25, 0.3) is 0 Å². The molecule has 19 heavy (non-hydrogen) atoms. The standard InChI is InChI=1S/C14H15N3O2/c1-9-13(10(2)19-17-9)8-16-14-6-12(18-3)5-4-11(14)7-15/h4-6,16H,8H2,1-3H3. The lowest BCUT2D eigenvalue weighted by Crippen LogP contribution is -2.03. The monoisotopic (exact) mass is 257 g/mol. The predicted molar refractivity (Wildman–Crippen MR) is 71.0 cm³/mol. The van der Waals surface area contributed by atoms with Crippen molar-refractivity contribution < 1.29 is 9.26 Å². The average Bonchev–Trinajstić information content (AvgIpc) is 2.75. The Kier molecular flexibility index (Phi) is 3.71. The van der Waals surface area contributed by atoms with Gasteiger partial charge in [0.15, 0.2) is 0 Å². The van der Waals surface area contributed by atoms with Crippen LogP contribution in [0.4, 0.5) is 5.69 Å². The van der Waals surface area contributed by atoms with Gasteiger partial charge < -0.3 is 14.6 Å². The minimum Gasteiger partial charge on any atom is -0.497 e. The molecule has 2 rings (SSSR count). The van der Waals surface area contributed by atoms with Crippen LogP contribution in [-0.4, -0.2) is 12.3 Å². The van der Waals surface area contributed by atoms with E-state index in [2.05, 4.69) is 16.5 Å². The SMILES string of the molecule is COc1ccc(C#N)c(NCc2c(C)noc2C)c1. The highest BCUT2D eigenvalue weighted by atomic mass is 16.5. The van der Waals surface area contributed by atoms with Gasteiger partial charge in [0.05, 0.1) is 24.1 Å². The minimum absolute atomic E-state index is 0.559. The highest BCUT2D eigenvalue weighted by Crippen LogP contribution is 2.23. The first kappa shape index (κ1) is 13.0. The summed E-state index contributed by atoms with van der Waals surface area (Å²) < 4.78 is 10.3. The molecular formula is C14H15N3O2. The first-order valence-corrected chi connectivity index (χ1v) is 5.89. The van der Waals surface area contributed by atoms with Crippen molar-refractivity contribution >= 4 is 5.69 Å². The second-order valence-corrected chi connectivity index (χ2v) is 4.18. The third kappa shape index (κ3) is 2.68. The van der Waals surface area contributed by atoms with Crippen molar-refractivity contribution in [2.75, 3.05) is 12.4 Å². The Balaban J connectivity index is 2.22. The maximum Gasteiger partial charge on any atom is 0.138 e. The van der Waals surface area contributed by atoms with E-state index in [0.29, 0.717) is 17.9 Å². The molecule has 1 heterocycles. The summed E-state index contributed by atoms with van der Waals surface area (Å²) >= 11 is 0. The van der Waals surface area contributed by atoms with Crippen molar-refractivity contribution in [3.63, 3.8) is 0 Å². The molecule has 0 aliphatic rings. The number of aryl methyl sites for hydroxylation is 2. The zero-order valence-electron chi connectivity index (χ0n) is 11.2. The topological polar surface area (TPSA) is 71.1 Å². The molecule has 0 spiro atoms. The van der Waals surface area contributed by atoms with E-state index < -0.39 is 0 Å². The van der Waals surface area contributed by atoms with Gasteiger partial charge in [0, 0.05) is 18.2 Å². The minimum atomic E-state index is 0.559. The van der Waals surface area contributed by atoms with Crippen molar-refractivity contribution in [1.29, 1.82) is 5.26 Å². The Morgan fingerprint density at radius 2 is 2.21 bits per heavy atom. The number of nitrogens with one attached hydrogen (secondary N) is 1. The molecule has 1 N–H and O–H groups in total. The van der Waals surface area contributed by atoms with Gasteiger partial charge in [0.25, 0.3) is 0 Å². The average molecular weight is 257 g/mol. The molecule has 5 nitrogen and oxygen atoms in total. The maximum absolute atomic E-state index is 9.09. The first-order chi connectivity index (χ1) is 9.15. The van der Waals surface area contributed by atoms with Crippen LogP contribution in [0.3, 0.4) is 0 Å². The zero-order chi connectivity index (χ0) is 13.8. The molecule has 0 amide bonds. The van der Waals surface area contributed by atoms with Crippen molar-refractivity contribution in [1.82, 2.24) is 5.16 Å². The quantitative estimate of drug-likeness (QED) is 0.911. The van der Waals surface area contributed by atoms with Gasteiger partial charge >= 0.3 is 0 Å². The van der Waals surface area contributed by atoms with Crippen LogP contribution in [0, 0.1) is 25.2 Å². The number of rotatable bonds is 4. The molecule has 5 heteroatoms. The molecule has 0 aliphatic heterocycles. The Bertz CT molecular complexity index is 607. The second kappa shape index (κ2) is 5.44. The number of hydrogen-bond donors (Lipinski definition) is 1.